The monoisotopic (exact) mass is 589 g/mol. The summed E-state index contributed by atoms with van der Waals surface area (Å²) in [5.41, 5.74) is 10.5. The van der Waals surface area contributed by atoms with Crippen LogP contribution >= 0.6 is 0 Å². The predicted octanol–water partition coefficient (Wildman–Crippen LogP) is 4.23. The normalized spacial score (nSPS) is 15.6. The van der Waals surface area contributed by atoms with Crippen LogP contribution in [-0.2, 0) is 9.53 Å². The van der Waals surface area contributed by atoms with Crippen LogP contribution in [0.2, 0.25) is 0 Å². The molecule has 1 aromatic heterocycles. The molecule has 0 spiro atoms. The van der Waals surface area contributed by atoms with Gasteiger partial charge in [-0.1, -0.05) is 23.8 Å². The third-order valence-electron chi connectivity index (χ3n) is 7.16. The van der Waals surface area contributed by atoms with E-state index in [9.17, 15) is 14.7 Å². The van der Waals surface area contributed by atoms with E-state index in [1.807, 2.05) is 26.8 Å². The van der Waals surface area contributed by atoms with Crippen molar-refractivity contribution >= 4 is 18.2 Å². The first-order valence-electron chi connectivity index (χ1n) is 14.0. The molecule has 3 aromatic rings. The summed E-state index contributed by atoms with van der Waals surface area (Å²) in [7, 11) is 1.28. The van der Waals surface area contributed by atoms with E-state index in [0.29, 0.717) is 29.4 Å². The third-order valence-corrected chi connectivity index (χ3v) is 7.16. The van der Waals surface area contributed by atoms with Gasteiger partial charge < -0.3 is 34.5 Å². The van der Waals surface area contributed by atoms with Crippen molar-refractivity contribution in [2.45, 2.75) is 53.8 Å². The van der Waals surface area contributed by atoms with Crippen LogP contribution in [0, 0.1) is 27.7 Å². The first kappa shape index (κ1) is 31.2. The summed E-state index contributed by atoms with van der Waals surface area (Å²) < 4.78 is 18.7. The molecule has 0 aliphatic carbocycles. The van der Waals surface area contributed by atoms with E-state index in [-0.39, 0.29) is 12.2 Å². The lowest BCUT2D eigenvalue weighted by molar-refractivity contribution is -0.136. The molecule has 2 heterocycles. The fourth-order valence-corrected chi connectivity index (χ4v) is 5.16. The highest BCUT2D eigenvalue weighted by Gasteiger charge is 2.32. The molecule has 0 fully saturated rings. The van der Waals surface area contributed by atoms with Crippen LogP contribution < -0.4 is 25.5 Å². The van der Waals surface area contributed by atoms with E-state index in [2.05, 4.69) is 57.8 Å². The number of aliphatic hydroxyl groups excluding tert-OH is 1. The van der Waals surface area contributed by atoms with Crippen molar-refractivity contribution in [3.63, 3.8) is 0 Å². The largest absolute Gasteiger partial charge is 0.490 e. The summed E-state index contributed by atoms with van der Waals surface area (Å²) >= 11 is 0. The van der Waals surface area contributed by atoms with Crippen molar-refractivity contribution in [3.05, 3.63) is 87.4 Å². The Bertz CT molecular complexity index is 1570. The van der Waals surface area contributed by atoms with E-state index >= 15 is 0 Å². The second-order valence-corrected chi connectivity index (χ2v) is 10.4. The van der Waals surface area contributed by atoms with Crippen LogP contribution in [0.15, 0.2) is 58.8 Å². The number of nitrogens with one attached hydrogen (secondary N) is 3. The van der Waals surface area contributed by atoms with E-state index in [0.717, 1.165) is 22.6 Å². The molecule has 0 unspecified atom stereocenters. The number of allylic oxidation sites excluding steroid dienone is 1. The topological polar surface area (TPSA) is 135 Å². The second kappa shape index (κ2) is 13.5. The van der Waals surface area contributed by atoms with Gasteiger partial charge in [0.15, 0.2) is 17.7 Å². The maximum atomic E-state index is 12.5. The molecule has 2 atom stereocenters. The number of hydrazone groups is 1. The molecule has 2 amide bonds. The van der Waals surface area contributed by atoms with Crippen LogP contribution in [0.3, 0.4) is 0 Å². The number of carbonyl (C=O) groups excluding carboxylic acids is 2. The molecule has 0 bridgehead atoms. The molecule has 43 heavy (non-hydrogen) atoms. The lowest BCUT2D eigenvalue weighted by Gasteiger charge is -2.28. The lowest BCUT2D eigenvalue weighted by atomic mass is 9.95. The van der Waals surface area contributed by atoms with E-state index in [4.69, 9.17) is 14.2 Å². The molecule has 2 aromatic carbocycles. The number of carbonyl (C=O) groups is 2. The van der Waals surface area contributed by atoms with E-state index in [1.165, 1.54) is 18.2 Å². The molecular weight excluding hydrogens is 550 g/mol. The molecule has 1 aliphatic rings. The molecule has 4 rings (SSSR count). The SMILES string of the molecule is CCOc1cc([C@H]2NC(=O)NC(C)=C2C(=O)OC)ccc1OC[C@@H](O)N/N=C\c1cc(C)n(-c2ccc(C)cc2C)c1C. The van der Waals surface area contributed by atoms with Crippen molar-refractivity contribution in [1.82, 2.24) is 20.6 Å². The Morgan fingerprint density at radius 2 is 1.86 bits per heavy atom. The van der Waals surface area contributed by atoms with Crippen LogP contribution in [0.1, 0.15) is 53.5 Å². The second-order valence-electron chi connectivity index (χ2n) is 10.4. The van der Waals surface area contributed by atoms with Crippen molar-refractivity contribution in [3.8, 4) is 17.2 Å². The summed E-state index contributed by atoms with van der Waals surface area (Å²) in [6.07, 6.45) is 0.571. The highest BCUT2D eigenvalue weighted by atomic mass is 16.5. The Labute approximate surface area is 251 Å². The minimum atomic E-state index is -1.10. The number of benzene rings is 2. The predicted molar refractivity (Wildman–Crippen MR) is 164 cm³/mol. The molecule has 228 valence electrons. The minimum Gasteiger partial charge on any atom is -0.490 e. The highest BCUT2D eigenvalue weighted by molar-refractivity contribution is 5.95. The van der Waals surface area contributed by atoms with Crippen molar-refractivity contribution in [1.29, 1.82) is 0 Å². The smallest absolute Gasteiger partial charge is 0.337 e. The fourth-order valence-electron chi connectivity index (χ4n) is 5.16. The number of ether oxygens (including phenoxy) is 3. The van der Waals surface area contributed by atoms with Gasteiger partial charge >= 0.3 is 12.0 Å². The van der Waals surface area contributed by atoms with Crippen molar-refractivity contribution in [2.75, 3.05) is 20.3 Å². The van der Waals surface area contributed by atoms with Crippen molar-refractivity contribution in [2.24, 2.45) is 5.10 Å². The Hall–Kier alpha value is -4.77. The quantitative estimate of drug-likeness (QED) is 0.114. The molecular formula is C32H39N5O6. The van der Waals surface area contributed by atoms with Gasteiger partial charge in [-0.05, 0) is 76.9 Å². The van der Waals surface area contributed by atoms with Gasteiger partial charge in [0.05, 0.1) is 31.5 Å². The average Bonchev–Trinajstić information content (AvgIpc) is 3.24. The van der Waals surface area contributed by atoms with Gasteiger partial charge in [0.1, 0.15) is 6.61 Å². The van der Waals surface area contributed by atoms with Crippen molar-refractivity contribution < 1.29 is 28.9 Å². The number of aryl methyl sites for hydroxylation is 3. The van der Waals surface area contributed by atoms with Gasteiger partial charge in [0.2, 0.25) is 0 Å². The molecule has 11 heteroatoms. The van der Waals surface area contributed by atoms with E-state index < -0.39 is 24.3 Å². The number of aliphatic hydroxyl groups is 1. The number of aromatic nitrogens is 1. The van der Waals surface area contributed by atoms with Crippen LogP contribution in [0.25, 0.3) is 5.69 Å². The summed E-state index contributed by atoms with van der Waals surface area (Å²) in [4.78, 5) is 24.6. The standard InChI is InChI=1S/C32H39N5O6/c1-8-42-27-15-23(30-29(31(39)41-7)21(5)34-32(40)35-30)10-12-26(27)43-17-28(38)36-33-16-24-14-20(4)37(22(24)6)25-11-9-18(2)13-19(25)3/h9-16,28,30,36,38H,8,17H2,1-7H3,(H2,34,35,40)/b33-16-/t28-,30-/m1/s1. The third kappa shape index (κ3) is 7.00. The number of amides is 2. The first-order chi connectivity index (χ1) is 20.5. The molecule has 0 saturated heterocycles. The number of esters is 1. The summed E-state index contributed by atoms with van der Waals surface area (Å²) in [5.74, 6) is 0.215. The van der Waals surface area contributed by atoms with E-state index in [1.54, 1.807) is 31.3 Å². The number of urea groups is 1. The van der Waals surface area contributed by atoms with Gasteiger partial charge in [0, 0.05) is 28.3 Å². The number of nitrogens with zero attached hydrogens (tertiary/aromatic N) is 2. The minimum absolute atomic E-state index is 0.116. The first-order valence-corrected chi connectivity index (χ1v) is 14.0. The maximum Gasteiger partial charge on any atom is 0.337 e. The summed E-state index contributed by atoms with van der Waals surface area (Å²) in [6.45, 7) is 12.0. The maximum absolute atomic E-state index is 12.5. The Kier molecular flexibility index (Phi) is 9.77. The molecule has 4 N–H and O–H groups in total. The number of hydrogen-bond acceptors (Lipinski definition) is 8. The van der Waals surface area contributed by atoms with Crippen LogP contribution in [0.5, 0.6) is 11.5 Å². The summed E-state index contributed by atoms with van der Waals surface area (Å²) in [6, 6.07) is 12.3. The molecule has 11 nitrogen and oxygen atoms in total. The average molecular weight is 590 g/mol. The van der Waals surface area contributed by atoms with Gasteiger partial charge in [-0.3, -0.25) is 5.43 Å². The zero-order valence-corrected chi connectivity index (χ0v) is 25.6. The number of hydrogen-bond donors (Lipinski definition) is 4. The Balaban J connectivity index is 1.44. The zero-order valence-electron chi connectivity index (χ0n) is 25.6. The fraction of sp³-hybridized carbons (Fsp3) is 0.344. The molecule has 0 radical (unpaired) electrons. The van der Waals surface area contributed by atoms with Gasteiger partial charge in [-0.15, -0.1) is 0 Å². The van der Waals surface area contributed by atoms with Gasteiger partial charge in [-0.2, -0.15) is 5.10 Å². The number of methoxy groups -OCH3 is 1. The molecule has 0 saturated carbocycles. The summed E-state index contributed by atoms with van der Waals surface area (Å²) in [5, 5.41) is 20.1. The van der Waals surface area contributed by atoms with Crippen LogP contribution in [-0.4, -0.2) is 54.4 Å². The molecule has 1 aliphatic heterocycles. The highest BCUT2D eigenvalue weighted by Crippen LogP contribution is 2.35. The Morgan fingerprint density at radius 3 is 2.56 bits per heavy atom. The lowest BCUT2D eigenvalue weighted by Crippen LogP contribution is -2.45. The van der Waals surface area contributed by atoms with Gasteiger partial charge in [-0.25, -0.2) is 9.59 Å². The van der Waals surface area contributed by atoms with Crippen LogP contribution in [0.4, 0.5) is 4.79 Å². The zero-order chi connectivity index (χ0) is 31.3. The van der Waals surface area contributed by atoms with Gasteiger partial charge in [0.25, 0.3) is 0 Å². The number of rotatable bonds is 11. The Morgan fingerprint density at radius 1 is 1.09 bits per heavy atom.